The van der Waals surface area contributed by atoms with Crippen LogP contribution in [-0.4, -0.2) is 25.3 Å². The highest BCUT2D eigenvalue weighted by Crippen LogP contribution is 2.13. The second kappa shape index (κ2) is 5.12. The first-order chi connectivity index (χ1) is 7.75. The minimum Gasteiger partial charge on any atom is -0.463 e. The third kappa shape index (κ3) is 3.35. The molecule has 1 heterocycles. The van der Waals surface area contributed by atoms with Gasteiger partial charge in [-0.05, 0) is 12.0 Å². The molecule has 3 heteroatoms. The van der Waals surface area contributed by atoms with Crippen LogP contribution in [0.25, 0.3) is 0 Å². The largest absolute Gasteiger partial charge is 0.463 e. The Morgan fingerprint density at radius 2 is 2.19 bits per heavy atom. The molecular weight excluding hydrogens is 204 g/mol. The molecule has 1 fully saturated rings. The van der Waals surface area contributed by atoms with Crippen LogP contribution in [0.5, 0.6) is 0 Å². The lowest BCUT2D eigenvalue weighted by Gasteiger charge is -2.10. The van der Waals surface area contributed by atoms with E-state index in [0.717, 1.165) is 18.6 Å². The summed E-state index contributed by atoms with van der Waals surface area (Å²) < 4.78 is 10.1. The number of ether oxygens (including phenoxy) is 2. The summed E-state index contributed by atoms with van der Waals surface area (Å²) >= 11 is 0. The quantitative estimate of drug-likeness (QED) is 0.561. The molecule has 1 aliphatic rings. The van der Waals surface area contributed by atoms with Gasteiger partial charge < -0.3 is 9.47 Å². The molecule has 0 radical (unpaired) electrons. The Balaban J connectivity index is 1.77. The van der Waals surface area contributed by atoms with Crippen LogP contribution in [0.15, 0.2) is 30.3 Å². The number of epoxide rings is 1. The zero-order chi connectivity index (χ0) is 11.4. The predicted molar refractivity (Wildman–Crippen MR) is 60.0 cm³/mol. The second-order valence-electron chi connectivity index (χ2n) is 4.18. The van der Waals surface area contributed by atoms with Gasteiger partial charge in [-0.25, -0.2) is 0 Å². The van der Waals surface area contributed by atoms with Crippen LogP contribution in [0.3, 0.4) is 0 Å². The maximum Gasteiger partial charge on any atom is 0.309 e. The van der Waals surface area contributed by atoms with E-state index in [2.05, 4.69) is 0 Å². The van der Waals surface area contributed by atoms with Crippen LogP contribution >= 0.6 is 0 Å². The zero-order valence-electron chi connectivity index (χ0n) is 9.39. The van der Waals surface area contributed by atoms with Gasteiger partial charge in [0.05, 0.1) is 12.5 Å². The van der Waals surface area contributed by atoms with Crippen molar-refractivity contribution in [1.29, 1.82) is 0 Å². The fourth-order valence-electron chi connectivity index (χ4n) is 1.53. The van der Waals surface area contributed by atoms with E-state index in [-0.39, 0.29) is 18.0 Å². The van der Waals surface area contributed by atoms with Crippen LogP contribution in [0.2, 0.25) is 0 Å². The van der Waals surface area contributed by atoms with E-state index in [1.165, 1.54) is 0 Å². The summed E-state index contributed by atoms with van der Waals surface area (Å²) in [5.74, 6) is -0.236. The first-order valence-electron chi connectivity index (χ1n) is 5.58. The highest BCUT2D eigenvalue weighted by molar-refractivity contribution is 5.72. The Kier molecular flexibility index (Phi) is 3.57. The molecule has 1 aliphatic heterocycles. The summed E-state index contributed by atoms with van der Waals surface area (Å²) in [6.45, 7) is 3.02. The maximum atomic E-state index is 11.6. The van der Waals surface area contributed by atoms with Gasteiger partial charge in [0.15, 0.2) is 0 Å². The van der Waals surface area contributed by atoms with Crippen molar-refractivity contribution < 1.29 is 14.3 Å². The highest BCUT2D eigenvalue weighted by atomic mass is 16.6. The average molecular weight is 220 g/mol. The molecule has 1 aromatic rings. The molecule has 1 aromatic carbocycles. The Morgan fingerprint density at radius 3 is 2.81 bits per heavy atom. The van der Waals surface area contributed by atoms with Crippen molar-refractivity contribution in [2.24, 2.45) is 5.92 Å². The number of hydrogen-bond donors (Lipinski definition) is 0. The summed E-state index contributed by atoms with van der Waals surface area (Å²) in [6, 6.07) is 9.97. The highest BCUT2D eigenvalue weighted by Gasteiger charge is 2.25. The Hall–Kier alpha value is -1.35. The van der Waals surface area contributed by atoms with Crippen LogP contribution < -0.4 is 0 Å². The monoisotopic (exact) mass is 220 g/mol. The molecule has 0 amide bonds. The average Bonchev–Trinajstić information content (AvgIpc) is 3.11. The molecule has 1 saturated heterocycles. The molecular formula is C13H16O3. The van der Waals surface area contributed by atoms with E-state index in [4.69, 9.17) is 9.47 Å². The van der Waals surface area contributed by atoms with Gasteiger partial charge >= 0.3 is 5.97 Å². The van der Waals surface area contributed by atoms with Crippen LogP contribution in [0.1, 0.15) is 12.5 Å². The topological polar surface area (TPSA) is 38.8 Å². The predicted octanol–water partition coefficient (Wildman–Crippen LogP) is 1.81. The number of carbonyl (C=O) groups is 1. The van der Waals surface area contributed by atoms with E-state index < -0.39 is 0 Å². The third-order valence-electron chi connectivity index (χ3n) is 2.60. The zero-order valence-corrected chi connectivity index (χ0v) is 9.39. The molecule has 0 aromatic heterocycles. The SMILES string of the molecule is CC(Cc1ccccc1)C(=O)OCC1CO1. The number of hydrogen-bond acceptors (Lipinski definition) is 3. The van der Waals surface area contributed by atoms with E-state index in [1.54, 1.807) is 0 Å². The van der Waals surface area contributed by atoms with Gasteiger partial charge in [-0.1, -0.05) is 37.3 Å². The maximum absolute atomic E-state index is 11.6. The van der Waals surface area contributed by atoms with E-state index in [0.29, 0.717) is 6.61 Å². The van der Waals surface area contributed by atoms with Crippen LogP contribution in [-0.2, 0) is 20.7 Å². The molecule has 86 valence electrons. The van der Waals surface area contributed by atoms with Gasteiger partial charge in [0.25, 0.3) is 0 Å². The fourth-order valence-corrected chi connectivity index (χ4v) is 1.53. The van der Waals surface area contributed by atoms with Crippen molar-refractivity contribution in [3.05, 3.63) is 35.9 Å². The van der Waals surface area contributed by atoms with Crippen molar-refractivity contribution in [2.45, 2.75) is 19.4 Å². The van der Waals surface area contributed by atoms with E-state index >= 15 is 0 Å². The lowest BCUT2D eigenvalue weighted by atomic mass is 10.0. The fraction of sp³-hybridized carbons (Fsp3) is 0.462. The molecule has 2 atom stereocenters. The Morgan fingerprint density at radius 1 is 1.50 bits per heavy atom. The Bertz CT molecular complexity index is 343. The molecule has 2 unspecified atom stereocenters. The normalized spacial score (nSPS) is 20.2. The lowest BCUT2D eigenvalue weighted by molar-refractivity contribution is -0.148. The first-order valence-corrected chi connectivity index (χ1v) is 5.58. The van der Waals surface area contributed by atoms with Crippen LogP contribution in [0.4, 0.5) is 0 Å². The second-order valence-corrected chi connectivity index (χ2v) is 4.18. The molecule has 0 aliphatic carbocycles. The molecule has 0 saturated carbocycles. The number of carbonyl (C=O) groups excluding carboxylic acids is 1. The standard InChI is InChI=1S/C13H16O3/c1-10(7-11-5-3-2-4-6-11)13(14)16-9-12-8-15-12/h2-6,10,12H,7-9H2,1H3. The summed E-state index contributed by atoms with van der Waals surface area (Å²) in [6.07, 6.45) is 0.874. The summed E-state index contributed by atoms with van der Waals surface area (Å²) in [4.78, 5) is 11.6. The molecule has 0 bridgehead atoms. The van der Waals surface area contributed by atoms with Crippen molar-refractivity contribution in [3.8, 4) is 0 Å². The van der Waals surface area contributed by atoms with Gasteiger partial charge in [-0.3, -0.25) is 4.79 Å². The first kappa shape index (κ1) is 11.1. The number of rotatable bonds is 5. The van der Waals surface area contributed by atoms with Gasteiger partial charge in [0.2, 0.25) is 0 Å². The number of esters is 1. The third-order valence-corrected chi connectivity index (χ3v) is 2.60. The molecule has 0 N–H and O–H groups in total. The molecule has 16 heavy (non-hydrogen) atoms. The van der Waals surface area contributed by atoms with Crippen molar-refractivity contribution in [3.63, 3.8) is 0 Å². The number of benzene rings is 1. The van der Waals surface area contributed by atoms with Crippen LogP contribution in [0, 0.1) is 5.92 Å². The van der Waals surface area contributed by atoms with E-state index in [9.17, 15) is 4.79 Å². The van der Waals surface area contributed by atoms with Crippen molar-refractivity contribution >= 4 is 5.97 Å². The van der Waals surface area contributed by atoms with Gasteiger partial charge in [-0.15, -0.1) is 0 Å². The summed E-state index contributed by atoms with van der Waals surface area (Å²) in [7, 11) is 0. The molecule has 3 nitrogen and oxygen atoms in total. The van der Waals surface area contributed by atoms with E-state index in [1.807, 2.05) is 37.3 Å². The summed E-state index contributed by atoms with van der Waals surface area (Å²) in [5.41, 5.74) is 1.16. The van der Waals surface area contributed by atoms with Crippen molar-refractivity contribution in [1.82, 2.24) is 0 Å². The van der Waals surface area contributed by atoms with Gasteiger partial charge in [0, 0.05) is 0 Å². The minimum atomic E-state index is -0.139. The van der Waals surface area contributed by atoms with Gasteiger partial charge in [0.1, 0.15) is 12.7 Å². The van der Waals surface area contributed by atoms with Crippen molar-refractivity contribution in [2.75, 3.05) is 13.2 Å². The Labute approximate surface area is 95.4 Å². The van der Waals surface area contributed by atoms with Gasteiger partial charge in [-0.2, -0.15) is 0 Å². The molecule has 2 rings (SSSR count). The lowest BCUT2D eigenvalue weighted by Crippen LogP contribution is -2.19. The molecule has 0 spiro atoms. The summed E-state index contributed by atoms with van der Waals surface area (Å²) in [5, 5.41) is 0. The smallest absolute Gasteiger partial charge is 0.309 e. The minimum absolute atomic E-state index is 0.0962.